The SMILES string of the molecule is CC(C)NCC1(c2cccc(Cl)c2F)CCCC1C. The lowest BCUT2D eigenvalue weighted by Crippen LogP contribution is -2.43. The zero-order chi connectivity index (χ0) is 14.0. The van der Waals surface area contributed by atoms with Crippen LogP contribution in [0.3, 0.4) is 0 Å². The Morgan fingerprint density at radius 1 is 1.47 bits per heavy atom. The van der Waals surface area contributed by atoms with Crippen molar-refractivity contribution in [3.05, 3.63) is 34.6 Å². The molecular weight excluding hydrogens is 261 g/mol. The molecule has 1 aromatic carbocycles. The second-order valence-corrected chi connectivity index (χ2v) is 6.49. The molecule has 106 valence electrons. The molecule has 1 fully saturated rings. The van der Waals surface area contributed by atoms with E-state index < -0.39 is 0 Å². The summed E-state index contributed by atoms with van der Waals surface area (Å²) in [6, 6.07) is 5.81. The van der Waals surface area contributed by atoms with Gasteiger partial charge in [-0.05, 0) is 30.4 Å². The Labute approximate surface area is 120 Å². The first kappa shape index (κ1) is 14.8. The van der Waals surface area contributed by atoms with Gasteiger partial charge >= 0.3 is 0 Å². The Morgan fingerprint density at radius 2 is 2.21 bits per heavy atom. The van der Waals surface area contributed by atoms with Crippen LogP contribution < -0.4 is 5.32 Å². The summed E-state index contributed by atoms with van der Waals surface area (Å²) >= 11 is 5.97. The standard InChI is InChI=1S/C16H23ClFN/c1-11(2)19-10-16(9-5-6-12(16)3)13-7-4-8-14(17)15(13)18/h4,7-8,11-12,19H,5-6,9-10H2,1-3H3. The molecule has 3 heteroatoms. The second kappa shape index (κ2) is 5.80. The highest BCUT2D eigenvalue weighted by molar-refractivity contribution is 6.30. The molecule has 2 unspecified atom stereocenters. The first-order valence-corrected chi connectivity index (χ1v) is 7.53. The van der Waals surface area contributed by atoms with E-state index in [2.05, 4.69) is 26.1 Å². The van der Waals surface area contributed by atoms with Gasteiger partial charge in [0.2, 0.25) is 0 Å². The molecule has 0 amide bonds. The van der Waals surface area contributed by atoms with Crippen molar-refractivity contribution in [3.8, 4) is 0 Å². The Bertz CT molecular complexity index is 446. The quantitative estimate of drug-likeness (QED) is 0.856. The lowest BCUT2D eigenvalue weighted by atomic mass is 9.72. The van der Waals surface area contributed by atoms with E-state index in [9.17, 15) is 4.39 Å². The van der Waals surface area contributed by atoms with Crippen LogP contribution in [0.5, 0.6) is 0 Å². The molecule has 2 atom stereocenters. The van der Waals surface area contributed by atoms with E-state index in [1.165, 1.54) is 0 Å². The Hall–Kier alpha value is -0.600. The van der Waals surface area contributed by atoms with Crippen LogP contribution in [0.1, 0.15) is 45.6 Å². The summed E-state index contributed by atoms with van der Waals surface area (Å²) in [6.07, 6.45) is 3.35. The maximum atomic E-state index is 14.4. The third-order valence-electron chi connectivity index (χ3n) is 4.52. The number of hydrogen-bond donors (Lipinski definition) is 1. The Morgan fingerprint density at radius 3 is 2.79 bits per heavy atom. The molecule has 0 spiro atoms. The monoisotopic (exact) mass is 283 g/mol. The third kappa shape index (κ3) is 2.80. The van der Waals surface area contributed by atoms with Crippen LogP contribution in [-0.2, 0) is 5.41 Å². The van der Waals surface area contributed by atoms with Gasteiger partial charge < -0.3 is 5.32 Å². The van der Waals surface area contributed by atoms with Crippen molar-refractivity contribution in [3.63, 3.8) is 0 Å². The van der Waals surface area contributed by atoms with Crippen molar-refractivity contribution in [1.29, 1.82) is 0 Å². The molecule has 0 aliphatic heterocycles. The first-order valence-electron chi connectivity index (χ1n) is 7.15. The molecule has 0 aromatic heterocycles. The van der Waals surface area contributed by atoms with Crippen molar-refractivity contribution in [2.45, 2.75) is 51.5 Å². The van der Waals surface area contributed by atoms with E-state index >= 15 is 0 Å². The summed E-state index contributed by atoms with van der Waals surface area (Å²) in [7, 11) is 0. The van der Waals surface area contributed by atoms with Crippen LogP contribution >= 0.6 is 11.6 Å². The molecule has 1 aromatic rings. The molecule has 1 saturated carbocycles. The molecule has 2 rings (SSSR count). The van der Waals surface area contributed by atoms with Crippen LogP contribution in [0.2, 0.25) is 5.02 Å². The van der Waals surface area contributed by atoms with E-state index in [1.54, 1.807) is 6.07 Å². The van der Waals surface area contributed by atoms with Gasteiger partial charge in [0.1, 0.15) is 5.82 Å². The molecular formula is C16H23ClFN. The highest BCUT2D eigenvalue weighted by Crippen LogP contribution is 2.46. The Kier molecular flexibility index (Phi) is 4.52. The molecule has 0 saturated heterocycles. The van der Waals surface area contributed by atoms with Crippen molar-refractivity contribution in [1.82, 2.24) is 5.32 Å². The fraction of sp³-hybridized carbons (Fsp3) is 0.625. The zero-order valence-electron chi connectivity index (χ0n) is 12.0. The lowest BCUT2D eigenvalue weighted by Gasteiger charge is -2.36. The predicted molar refractivity (Wildman–Crippen MR) is 79.2 cm³/mol. The topological polar surface area (TPSA) is 12.0 Å². The van der Waals surface area contributed by atoms with Crippen molar-refractivity contribution in [2.24, 2.45) is 5.92 Å². The normalized spacial score (nSPS) is 27.2. The fourth-order valence-electron chi connectivity index (χ4n) is 3.28. The largest absolute Gasteiger partial charge is 0.314 e. The average Bonchev–Trinajstić information content (AvgIpc) is 2.73. The minimum atomic E-state index is -0.233. The zero-order valence-corrected chi connectivity index (χ0v) is 12.7. The highest BCUT2D eigenvalue weighted by atomic mass is 35.5. The van der Waals surface area contributed by atoms with E-state index in [4.69, 9.17) is 11.6 Å². The van der Waals surface area contributed by atoms with Crippen LogP contribution in [0, 0.1) is 11.7 Å². The summed E-state index contributed by atoms with van der Waals surface area (Å²) < 4.78 is 14.4. The van der Waals surface area contributed by atoms with Crippen LogP contribution in [0.4, 0.5) is 4.39 Å². The lowest BCUT2D eigenvalue weighted by molar-refractivity contribution is 0.298. The van der Waals surface area contributed by atoms with Crippen LogP contribution in [0.15, 0.2) is 18.2 Å². The minimum Gasteiger partial charge on any atom is -0.314 e. The summed E-state index contributed by atoms with van der Waals surface area (Å²) in [4.78, 5) is 0. The van der Waals surface area contributed by atoms with E-state index in [-0.39, 0.29) is 16.3 Å². The number of benzene rings is 1. The molecule has 0 radical (unpaired) electrons. The maximum Gasteiger partial charge on any atom is 0.145 e. The fourth-order valence-corrected chi connectivity index (χ4v) is 3.45. The van der Waals surface area contributed by atoms with Crippen LogP contribution in [-0.4, -0.2) is 12.6 Å². The molecule has 1 aliphatic carbocycles. The van der Waals surface area contributed by atoms with E-state index in [1.807, 2.05) is 12.1 Å². The third-order valence-corrected chi connectivity index (χ3v) is 4.81. The van der Waals surface area contributed by atoms with Gasteiger partial charge in [0.15, 0.2) is 0 Å². The van der Waals surface area contributed by atoms with Crippen molar-refractivity contribution in [2.75, 3.05) is 6.54 Å². The van der Waals surface area contributed by atoms with Gasteiger partial charge in [-0.3, -0.25) is 0 Å². The number of halogens is 2. The smallest absolute Gasteiger partial charge is 0.145 e. The van der Waals surface area contributed by atoms with Crippen molar-refractivity contribution < 1.29 is 4.39 Å². The van der Waals surface area contributed by atoms with E-state index in [0.29, 0.717) is 12.0 Å². The van der Waals surface area contributed by atoms with Gasteiger partial charge in [-0.2, -0.15) is 0 Å². The highest BCUT2D eigenvalue weighted by Gasteiger charge is 2.43. The Balaban J connectivity index is 2.40. The number of rotatable bonds is 4. The minimum absolute atomic E-state index is 0.112. The second-order valence-electron chi connectivity index (χ2n) is 6.09. The molecule has 0 bridgehead atoms. The van der Waals surface area contributed by atoms with Gasteiger partial charge in [0.05, 0.1) is 5.02 Å². The van der Waals surface area contributed by atoms with Gasteiger partial charge in [0.25, 0.3) is 0 Å². The maximum absolute atomic E-state index is 14.4. The molecule has 19 heavy (non-hydrogen) atoms. The molecule has 1 aliphatic rings. The summed E-state index contributed by atoms with van der Waals surface area (Å²) in [6.45, 7) is 7.31. The number of nitrogens with one attached hydrogen (secondary N) is 1. The average molecular weight is 284 g/mol. The predicted octanol–water partition coefficient (Wildman–Crippen LogP) is 4.53. The van der Waals surface area contributed by atoms with Crippen LogP contribution in [0.25, 0.3) is 0 Å². The molecule has 1 nitrogen and oxygen atoms in total. The van der Waals surface area contributed by atoms with Gasteiger partial charge in [0, 0.05) is 18.0 Å². The van der Waals surface area contributed by atoms with E-state index in [0.717, 1.165) is 31.4 Å². The summed E-state index contributed by atoms with van der Waals surface area (Å²) in [5, 5.41) is 3.73. The number of hydrogen-bond acceptors (Lipinski definition) is 1. The van der Waals surface area contributed by atoms with Gasteiger partial charge in [-0.15, -0.1) is 0 Å². The first-order chi connectivity index (χ1) is 8.97. The van der Waals surface area contributed by atoms with Gasteiger partial charge in [-0.1, -0.05) is 50.9 Å². The summed E-state index contributed by atoms with van der Waals surface area (Å²) in [5.41, 5.74) is 0.678. The summed E-state index contributed by atoms with van der Waals surface area (Å²) in [5.74, 6) is 0.246. The van der Waals surface area contributed by atoms with Gasteiger partial charge in [-0.25, -0.2) is 4.39 Å². The molecule has 0 heterocycles. The molecule has 1 N–H and O–H groups in total. The van der Waals surface area contributed by atoms with Crippen molar-refractivity contribution >= 4 is 11.6 Å².